The van der Waals surface area contributed by atoms with E-state index in [1.54, 1.807) is 29.2 Å². The summed E-state index contributed by atoms with van der Waals surface area (Å²) >= 11 is 0. The van der Waals surface area contributed by atoms with Crippen LogP contribution in [0.25, 0.3) is 0 Å². The molecule has 0 aliphatic carbocycles. The lowest BCUT2D eigenvalue weighted by Gasteiger charge is -2.28. The van der Waals surface area contributed by atoms with Crippen LogP contribution in [0.2, 0.25) is 0 Å². The molecular formula is C15H18N2O4. The third-order valence-corrected chi connectivity index (χ3v) is 3.11. The predicted molar refractivity (Wildman–Crippen MR) is 78.8 cm³/mol. The summed E-state index contributed by atoms with van der Waals surface area (Å²) in [6.07, 6.45) is 1.63. The molecule has 0 unspecified atom stereocenters. The zero-order chi connectivity index (χ0) is 15.2. The van der Waals surface area contributed by atoms with E-state index >= 15 is 0 Å². The number of hydrogen-bond donors (Lipinski definition) is 2. The summed E-state index contributed by atoms with van der Waals surface area (Å²) in [5.74, 6) is 0.310. The number of ketones is 1. The van der Waals surface area contributed by atoms with Crippen molar-refractivity contribution in [1.82, 2.24) is 5.32 Å². The number of nitrogens with one attached hydrogen (secondary N) is 1. The second-order valence-corrected chi connectivity index (χ2v) is 4.59. The van der Waals surface area contributed by atoms with E-state index in [1.807, 2.05) is 0 Å². The van der Waals surface area contributed by atoms with E-state index in [0.29, 0.717) is 30.1 Å². The van der Waals surface area contributed by atoms with Crippen LogP contribution in [-0.4, -0.2) is 49.6 Å². The number of anilines is 1. The van der Waals surface area contributed by atoms with E-state index in [9.17, 15) is 9.59 Å². The van der Waals surface area contributed by atoms with Crippen LogP contribution in [0.15, 0.2) is 30.9 Å². The lowest BCUT2D eigenvalue weighted by Crippen LogP contribution is -2.39. The van der Waals surface area contributed by atoms with Gasteiger partial charge in [-0.1, -0.05) is 6.08 Å². The molecule has 2 N–H and O–H groups in total. The lowest BCUT2D eigenvalue weighted by atomic mass is 10.1. The third-order valence-electron chi connectivity index (χ3n) is 3.11. The van der Waals surface area contributed by atoms with Crippen LogP contribution < -0.4 is 15.0 Å². The molecule has 6 nitrogen and oxygen atoms in total. The number of aliphatic hydroxyl groups excluding tert-OH is 1. The molecule has 112 valence electrons. The SMILES string of the molecule is C=CCN1C(=O)COc2ccc(C(=O)CNCCO)cc21. The smallest absolute Gasteiger partial charge is 0.265 e. The van der Waals surface area contributed by atoms with Crippen molar-refractivity contribution in [2.75, 3.05) is 37.7 Å². The van der Waals surface area contributed by atoms with Crippen LogP contribution in [0.1, 0.15) is 10.4 Å². The molecule has 0 radical (unpaired) electrons. The van der Waals surface area contributed by atoms with Gasteiger partial charge in [0.25, 0.3) is 5.91 Å². The first-order valence-electron chi connectivity index (χ1n) is 6.70. The molecule has 1 amide bonds. The van der Waals surface area contributed by atoms with Gasteiger partial charge in [0.15, 0.2) is 12.4 Å². The number of benzene rings is 1. The van der Waals surface area contributed by atoms with Gasteiger partial charge in [-0.15, -0.1) is 6.58 Å². The van der Waals surface area contributed by atoms with Crippen LogP contribution in [0.5, 0.6) is 5.75 Å². The predicted octanol–water partition coefficient (Wildman–Crippen LogP) is 0.363. The number of carbonyl (C=O) groups is 2. The highest BCUT2D eigenvalue weighted by Gasteiger charge is 2.25. The molecule has 1 aromatic carbocycles. The number of ether oxygens (including phenoxy) is 1. The van der Waals surface area contributed by atoms with Crippen molar-refractivity contribution in [2.24, 2.45) is 0 Å². The van der Waals surface area contributed by atoms with Gasteiger partial charge in [0.05, 0.1) is 18.8 Å². The Kier molecular flexibility index (Phi) is 5.08. The Labute approximate surface area is 123 Å². The van der Waals surface area contributed by atoms with E-state index in [1.165, 1.54) is 0 Å². The Balaban J connectivity index is 2.21. The summed E-state index contributed by atoms with van der Waals surface area (Å²) in [6.45, 7) is 4.47. The summed E-state index contributed by atoms with van der Waals surface area (Å²) in [5, 5.41) is 11.5. The van der Waals surface area contributed by atoms with Crippen LogP contribution in [0.3, 0.4) is 0 Å². The quantitative estimate of drug-likeness (QED) is 0.431. The summed E-state index contributed by atoms with van der Waals surface area (Å²) in [7, 11) is 0. The van der Waals surface area contributed by atoms with E-state index in [2.05, 4.69) is 11.9 Å². The molecule has 0 saturated heterocycles. The maximum atomic E-state index is 12.0. The van der Waals surface area contributed by atoms with E-state index in [0.717, 1.165) is 0 Å². The van der Waals surface area contributed by atoms with Gasteiger partial charge in [-0.05, 0) is 18.2 Å². The molecule has 1 aliphatic heterocycles. The lowest BCUT2D eigenvalue weighted by molar-refractivity contribution is -0.121. The van der Waals surface area contributed by atoms with Crippen molar-refractivity contribution in [1.29, 1.82) is 0 Å². The standard InChI is InChI=1S/C15H18N2O4/c1-2-6-17-12-8-11(13(19)9-16-5-7-18)3-4-14(12)21-10-15(17)20/h2-4,8,16,18H,1,5-7,9-10H2. The van der Waals surface area contributed by atoms with E-state index in [4.69, 9.17) is 9.84 Å². The molecule has 2 rings (SSSR count). The Morgan fingerprint density at radius 2 is 2.33 bits per heavy atom. The van der Waals surface area contributed by atoms with Gasteiger partial charge in [-0.25, -0.2) is 0 Å². The summed E-state index contributed by atoms with van der Waals surface area (Å²) < 4.78 is 5.36. The maximum Gasteiger partial charge on any atom is 0.265 e. The van der Waals surface area contributed by atoms with Crippen molar-refractivity contribution in [3.63, 3.8) is 0 Å². The number of fused-ring (bicyclic) bond motifs is 1. The fourth-order valence-corrected chi connectivity index (χ4v) is 2.09. The van der Waals surface area contributed by atoms with Crippen LogP contribution >= 0.6 is 0 Å². The minimum Gasteiger partial charge on any atom is -0.482 e. The topological polar surface area (TPSA) is 78.9 Å². The number of hydrogen-bond acceptors (Lipinski definition) is 5. The Hall–Kier alpha value is -2.18. The average molecular weight is 290 g/mol. The second-order valence-electron chi connectivity index (χ2n) is 4.59. The van der Waals surface area contributed by atoms with Gasteiger partial charge >= 0.3 is 0 Å². The van der Waals surface area contributed by atoms with Gasteiger partial charge in [-0.2, -0.15) is 0 Å². The monoisotopic (exact) mass is 290 g/mol. The summed E-state index contributed by atoms with van der Waals surface area (Å²) in [6, 6.07) is 5.01. The highest BCUT2D eigenvalue weighted by atomic mass is 16.5. The number of carbonyl (C=O) groups excluding carboxylic acids is 2. The molecule has 1 aromatic rings. The molecule has 0 spiro atoms. The van der Waals surface area contributed by atoms with Crippen LogP contribution in [0, 0.1) is 0 Å². The summed E-state index contributed by atoms with van der Waals surface area (Å²) in [4.78, 5) is 25.5. The van der Waals surface area contributed by atoms with Crippen LogP contribution in [-0.2, 0) is 4.79 Å². The van der Waals surface area contributed by atoms with Gasteiger partial charge in [-0.3, -0.25) is 9.59 Å². The van der Waals surface area contributed by atoms with Crippen molar-refractivity contribution < 1.29 is 19.4 Å². The minimum absolute atomic E-state index is 0.00775. The van der Waals surface area contributed by atoms with Crippen molar-refractivity contribution in [2.45, 2.75) is 0 Å². The first-order chi connectivity index (χ1) is 10.2. The van der Waals surface area contributed by atoms with Gasteiger partial charge in [0.1, 0.15) is 5.75 Å². The first-order valence-corrected chi connectivity index (χ1v) is 6.70. The maximum absolute atomic E-state index is 12.0. The van der Waals surface area contributed by atoms with Gasteiger partial charge < -0.3 is 20.1 Å². The molecule has 0 saturated carbocycles. The van der Waals surface area contributed by atoms with Gasteiger partial charge in [0.2, 0.25) is 0 Å². The normalized spacial score (nSPS) is 13.6. The molecule has 21 heavy (non-hydrogen) atoms. The molecular weight excluding hydrogens is 272 g/mol. The molecule has 0 fully saturated rings. The number of rotatable bonds is 7. The Bertz CT molecular complexity index is 557. The van der Waals surface area contributed by atoms with Crippen molar-refractivity contribution >= 4 is 17.4 Å². The molecule has 0 aromatic heterocycles. The number of aliphatic hydroxyl groups is 1. The molecule has 0 bridgehead atoms. The highest BCUT2D eigenvalue weighted by molar-refractivity contribution is 6.02. The zero-order valence-electron chi connectivity index (χ0n) is 11.7. The fourth-order valence-electron chi connectivity index (χ4n) is 2.09. The third kappa shape index (κ3) is 3.48. The minimum atomic E-state index is -0.162. The highest BCUT2D eigenvalue weighted by Crippen LogP contribution is 2.32. The zero-order valence-corrected chi connectivity index (χ0v) is 11.7. The molecule has 0 atom stereocenters. The summed E-state index contributed by atoms with van der Waals surface area (Å²) in [5.41, 5.74) is 1.07. The fraction of sp³-hybridized carbons (Fsp3) is 0.333. The number of Topliss-reactive ketones (excluding diaryl/α,β-unsaturated/α-hetero) is 1. The average Bonchev–Trinajstić information content (AvgIpc) is 2.50. The van der Waals surface area contributed by atoms with Gasteiger partial charge in [0, 0.05) is 18.7 Å². The van der Waals surface area contributed by atoms with Crippen molar-refractivity contribution in [3.8, 4) is 5.75 Å². The van der Waals surface area contributed by atoms with Crippen LogP contribution in [0.4, 0.5) is 5.69 Å². The van der Waals surface area contributed by atoms with Crippen molar-refractivity contribution in [3.05, 3.63) is 36.4 Å². The number of nitrogens with zero attached hydrogens (tertiary/aromatic N) is 1. The molecule has 6 heteroatoms. The number of amides is 1. The van der Waals surface area contributed by atoms with E-state index in [-0.39, 0.29) is 31.4 Å². The second kappa shape index (κ2) is 7.01. The Morgan fingerprint density at radius 3 is 3.05 bits per heavy atom. The Morgan fingerprint density at radius 1 is 1.52 bits per heavy atom. The molecule has 1 aliphatic rings. The first kappa shape index (κ1) is 15.2. The largest absolute Gasteiger partial charge is 0.482 e. The van der Waals surface area contributed by atoms with E-state index < -0.39 is 0 Å². The molecule has 1 heterocycles.